The van der Waals surface area contributed by atoms with Gasteiger partial charge >= 0.3 is 6.18 Å². The summed E-state index contributed by atoms with van der Waals surface area (Å²) in [6.07, 6.45) is 3.53. The zero-order valence-electron chi connectivity index (χ0n) is 42.2. The van der Waals surface area contributed by atoms with E-state index in [2.05, 4.69) is 26.0 Å². The van der Waals surface area contributed by atoms with E-state index in [1.165, 1.54) is 17.0 Å². The molecule has 4 N–H and O–H groups in total. The number of benzene rings is 3. The van der Waals surface area contributed by atoms with Crippen LogP contribution < -0.4 is 16.0 Å². The molecule has 3 atom stereocenters. The van der Waals surface area contributed by atoms with Crippen molar-refractivity contribution in [2.75, 3.05) is 39.5 Å². The van der Waals surface area contributed by atoms with Crippen molar-refractivity contribution in [1.29, 1.82) is 0 Å². The molecule has 3 aromatic carbocycles. The van der Waals surface area contributed by atoms with Crippen LogP contribution in [0.4, 0.5) is 13.2 Å². The minimum absolute atomic E-state index is 0.0195. The lowest BCUT2D eigenvalue weighted by Gasteiger charge is -2.35. The number of carbonyl (C=O) groups excluding carboxylic acids is 4. The first-order chi connectivity index (χ1) is 34.9. The lowest BCUT2D eigenvalue weighted by atomic mass is 9.85. The molecule has 3 aromatic heterocycles. The van der Waals surface area contributed by atoms with Crippen molar-refractivity contribution in [3.8, 4) is 16.1 Å². The molecular formula is C54H67F3N8O7S. The average Bonchev–Trinajstić information content (AvgIpc) is 4.14. The number of rotatable bonds is 24. The van der Waals surface area contributed by atoms with Gasteiger partial charge in [-0.2, -0.15) is 18.3 Å². The number of nitrogens with one attached hydrogen (secondary N) is 3. The zero-order chi connectivity index (χ0) is 52.3. The molecule has 1 aliphatic heterocycles. The van der Waals surface area contributed by atoms with Crippen LogP contribution in [0.5, 0.6) is 0 Å². The van der Waals surface area contributed by atoms with Crippen LogP contribution in [0.25, 0.3) is 38.1 Å². The number of likely N-dealkylation sites (tertiary alicyclic amines) is 1. The molecule has 7 rings (SSSR count). The minimum atomic E-state index is -4.44. The fraction of sp³-hybridized carbons (Fsp3) is 0.481. The maximum absolute atomic E-state index is 14.0. The van der Waals surface area contributed by atoms with Crippen molar-refractivity contribution in [1.82, 2.24) is 40.2 Å². The van der Waals surface area contributed by atoms with Gasteiger partial charge in [0.05, 0.1) is 53.1 Å². The number of aliphatic hydroxyl groups is 1. The summed E-state index contributed by atoms with van der Waals surface area (Å²) in [5.74, 6) is -1.21. The van der Waals surface area contributed by atoms with E-state index in [1.54, 1.807) is 45.8 Å². The second-order valence-electron chi connectivity index (χ2n) is 19.8. The van der Waals surface area contributed by atoms with Crippen LogP contribution >= 0.6 is 11.3 Å². The smallest absolute Gasteiger partial charge is 0.391 e. The van der Waals surface area contributed by atoms with Gasteiger partial charge in [-0.1, -0.05) is 77.1 Å². The monoisotopic (exact) mass is 1030 g/mol. The standard InChI is InChI=1S/C54H67F3N8O7S/c1-35-47(73-34-60-35)37-16-14-36(15-17-37)31-59-51(69)45-30-41(66)32-64(45)52(70)48(53(2,3)4)61-46(67)13-11-9-7-6-8-10-12-25-71-27-28-72-26-24-58-50(68)38-18-23-44-42(29-38)43-33-63(5)62-49(43)65(44)40-21-19-39(20-22-40)54(55,56)57/h14-23,29,33-34,41,45,48,66H,6-13,24-28,30-32H2,1-5H3,(H,58,68)(H,59,69)(H,61,67)/t41-,45+,48?/m1/s1. The Balaban J connectivity index is 0.723. The molecule has 1 saturated heterocycles. The van der Waals surface area contributed by atoms with Gasteiger partial charge in [0.1, 0.15) is 12.1 Å². The summed E-state index contributed by atoms with van der Waals surface area (Å²) < 4.78 is 54.4. The number of aromatic nitrogens is 4. The van der Waals surface area contributed by atoms with Gasteiger partial charge < -0.3 is 35.4 Å². The largest absolute Gasteiger partial charge is 0.416 e. The lowest BCUT2D eigenvalue weighted by molar-refractivity contribution is -0.144. The summed E-state index contributed by atoms with van der Waals surface area (Å²) in [6, 6.07) is 16.3. The number of hydrogen-bond donors (Lipinski definition) is 4. The van der Waals surface area contributed by atoms with Gasteiger partial charge in [-0.25, -0.2) is 4.98 Å². The molecule has 15 nitrogen and oxygen atoms in total. The second-order valence-corrected chi connectivity index (χ2v) is 20.7. The number of β-amino-alcohol motifs (C(OH)–C–C–N with tert-alkyl or cyclic N) is 1. The minimum Gasteiger partial charge on any atom is -0.391 e. The van der Waals surface area contributed by atoms with Crippen LogP contribution in [0.15, 0.2) is 78.4 Å². The molecule has 4 heterocycles. The van der Waals surface area contributed by atoms with E-state index in [4.69, 9.17) is 9.47 Å². The first-order valence-corrected chi connectivity index (χ1v) is 25.9. The Kier molecular flexibility index (Phi) is 18.5. The lowest BCUT2D eigenvalue weighted by Crippen LogP contribution is -2.57. The van der Waals surface area contributed by atoms with Crippen LogP contribution in [0.3, 0.4) is 0 Å². The van der Waals surface area contributed by atoms with Gasteiger partial charge in [-0.3, -0.25) is 28.4 Å². The Labute approximate surface area is 427 Å². The number of unbranched alkanes of at least 4 members (excludes halogenated alkanes) is 6. The highest BCUT2D eigenvalue weighted by Crippen LogP contribution is 2.35. The van der Waals surface area contributed by atoms with E-state index in [9.17, 15) is 37.5 Å². The fourth-order valence-electron chi connectivity index (χ4n) is 9.14. The molecule has 19 heteroatoms. The first-order valence-electron chi connectivity index (χ1n) is 25.0. The Morgan fingerprint density at radius 2 is 1.53 bits per heavy atom. The Hall–Kier alpha value is -6.15. The van der Waals surface area contributed by atoms with E-state index in [1.807, 2.05) is 63.7 Å². The molecule has 0 bridgehead atoms. The third kappa shape index (κ3) is 14.3. The molecule has 0 saturated carbocycles. The summed E-state index contributed by atoms with van der Waals surface area (Å²) in [6.45, 7) is 9.95. The summed E-state index contributed by atoms with van der Waals surface area (Å²) in [5, 5.41) is 25.4. The normalized spacial score (nSPS) is 15.5. The summed E-state index contributed by atoms with van der Waals surface area (Å²) in [5.41, 5.74) is 5.62. The van der Waals surface area contributed by atoms with Gasteiger partial charge in [0.15, 0.2) is 5.65 Å². The number of ether oxygens (including phenoxy) is 2. The highest BCUT2D eigenvalue weighted by atomic mass is 32.1. The Morgan fingerprint density at radius 3 is 2.21 bits per heavy atom. The van der Waals surface area contributed by atoms with E-state index in [0.717, 1.165) is 83.1 Å². The predicted octanol–water partition coefficient (Wildman–Crippen LogP) is 8.66. The van der Waals surface area contributed by atoms with Gasteiger partial charge in [-0.15, -0.1) is 11.3 Å². The van der Waals surface area contributed by atoms with E-state index in [0.29, 0.717) is 61.8 Å². The second kappa shape index (κ2) is 24.7. The first kappa shape index (κ1) is 54.6. The van der Waals surface area contributed by atoms with Crippen molar-refractivity contribution in [2.24, 2.45) is 12.5 Å². The number of alkyl halides is 3. The number of nitrogens with zero attached hydrogens (tertiary/aromatic N) is 5. The van der Waals surface area contributed by atoms with E-state index >= 15 is 0 Å². The molecule has 73 heavy (non-hydrogen) atoms. The quantitative estimate of drug-likeness (QED) is 0.0432. The highest BCUT2D eigenvalue weighted by molar-refractivity contribution is 7.13. The number of carbonyl (C=O) groups is 4. The van der Waals surface area contributed by atoms with E-state index in [-0.39, 0.29) is 49.6 Å². The molecule has 1 fully saturated rings. The molecule has 0 aliphatic carbocycles. The SMILES string of the molecule is Cc1ncsc1-c1ccc(CNC(=O)[C@@H]2C[C@@H](O)CN2C(=O)C(NC(=O)CCCCCCCCCOCCOCCNC(=O)c2ccc3c(c2)c2cn(C)nc2n3-c2ccc(C(F)(F)F)cc2)C(C)(C)C)cc1. The summed E-state index contributed by atoms with van der Waals surface area (Å²) >= 11 is 1.58. The van der Waals surface area contributed by atoms with Crippen molar-refractivity contribution in [3.05, 3.63) is 101 Å². The van der Waals surface area contributed by atoms with Gasteiger partial charge in [0.2, 0.25) is 17.7 Å². The third-order valence-electron chi connectivity index (χ3n) is 13.1. The number of hydrogen-bond acceptors (Lipinski definition) is 10. The maximum atomic E-state index is 14.0. The third-order valence-corrected chi connectivity index (χ3v) is 14.0. The summed E-state index contributed by atoms with van der Waals surface area (Å²) in [7, 11) is 1.76. The van der Waals surface area contributed by atoms with Crippen LogP contribution in [0, 0.1) is 12.3 Å². The molecule has 4 amide bonds. The molecule has 6 aromatic rings. The van der Waals surface area contributed by atoms with Crippen molar-refractivity contribution < 1.29 is 46.9 Å². The van der Waals surface area contributed by atoms with Gasteiger partial charge in [0, 0.05) is 74.4 Å². The number of aryl methyl sites for hydroxylation is 2. The fourth-order valence-corrected chi connectivity index (χ4v) is 9.95. The topological polar surface area (TPSA) is 182 Å². The zero-order valence-corrected chi connectivity index (χ0v) is 43.0. The van der Waals surface area contributed by atoms with Crippen LogP contribution in [-0.2, 0) is 43.6 Å². The number of fused-ring (bicyclic) bond motifs is 3. The number of halogens is 3. The highest BCUT2D eigenvalue weighted by Gasteiger charge is 2.44. The number of aliphatic hydroxyl groups excluding tert-OH is 1. The molecular weight excluding hydrogens is 962 g/mol. The molecule has 0 radical (unpaired) electrons. The molecule has 1 unspecified atom stereocenters. The summed E-state index contributed by atoms with van der Waals surface area (Å²) in [4.78, 5) is 60.4. The maximum Gasteiger partial charge on any atom is 0.416 e. The Morgan fingerprint density at radius 1 is 0.849 bits per heavy atom. The Bertz CT molecular complexity index is 2820. The van der Waals surface area contributed by atoms with Crippen LogP contribution in [-0.4, -0.2) is 111 Å². The number of thiazole rings is 1. The van der Waals surface area contributed by atoms with Crippen molar-refractivity contribution in [2.45, 2.75) is 116 Å². The number of amides is 4. The van der Waals surface area contributed by atoms with Crippen LogP contribution in [0.2, 0.25) is 0 Å². The average molecular weight is 1030 g/mol. The predicted molar refractivity (Wildman–Crippen MR) is 275 cm³/mol. The van der Waals surface area contributed by atoms with Gasteiger partial charge in [0.25, 0.3) is 5.91 Å². The molecule has 0 spiro atoms. The molecule has 1 aliphatic rings. The van der Waals surface area contributed by atoms with Crippen LogP contribution in [0.1, 0.15) is 106 Å². The van der Waals surface area contributed by atoms with Crippen molar-refractivity contribution >= 4 is 56.9 Å². The van der Waals surface area contributed by atoms with E-state index < -0.39 is 35.3 Å². The van der Waals surface area contributed by atoms with Gasteiger partial charge in [-0.05, 0) is 78.8 Å². The molecule has 392 valence electrons. The van der Waals surface area contributed by atoms with Crippen molar-refractivity contribution in [3.63, 3.8) is 0 Å².